The molecule has 0 aromatic heterocycles. The Kier molecular flexibility index (Phi) is 7.46. The minimum atomic E-state index is -1.73. The Morgan fingerprint density at radius 1 is 0.750 bits per heavy atom. The van der Waals surface area contributed by atoms with E-state index in [1.807, 2.05) is 0 Å². The molecule has 0 aliphatic heterocycles. The van der Waals surface area contributed by atoms with Crippen LogP contribution in [0, 0.1) is 5.92 Å². The standard InChI is InChI=1S/C22H42O3Si3/c1-11-26(5,6)23-19-16-14-15-18-20(19)22(25-28(9,10)13-3)17(4)21(18)24-27(7,8)12-2/h14-17,21-22H,11-13H2,1-10H3. The highest BCUT2D eigenvalue weighted by atomic mass is 28.4. The third-order valence-corrected chi connectivity index (χ3v) is 14.1. The average Bonchev–Trinajstić information content (AvgIpc) is 2.87. The topological polar surface area (TPSA) is 27.7 Å². The first kappa shape index (κ1) is 23.9. The Morgan fingerprint density at radius 2 is 1.25 bits per heavy atom. The van der Waals surface area contributed by atoms with E-state index in [0.717, 1.165) is 23.9 Å². The van der Waals surface area contributed by atoms with E-state index < -0.39 is 25.0 Å². The molecule has 0 saturated heterocycles. The van der Waals surface area contributed by atoms with Gasteiger partial charge >= 0.3 is 0 Å². The predicted octanol–water partition coefficient (Wildman–Crippen LogP) is 7.51. The van der Waals surface area contributed by atoms with Gasteiger partial charge in [-0.1, -0.05) is 39.8 Å². The van der Waals surface area contributed by atoms with Crippen molar-refractivity contribution in [2.24, 2.45) is 5.92 Å². The van der Waals surface area contributed by atoms with Gasteiger partial charge in [-0.2, -0.15) is 0 Å². The van der Waals surface area contributed by atoms with Crippen LogP contribution >= 0.6 is 0 Å². The number of hydrogen-bond acceptors (Lipinski definition) is 3. The molecule has 160 valence electrons. The first-order valence-electron chi connectivity index (χ1n) is 11.0. The Balaban J connectivity index is 2.53. The van der Waals surface area contributed by atoms with Crippen molar-refractivity contribution in [1.82, 2.24) is 0 Å². The number of benzene rings is 1. The maximum absolute atomic E-state index is 6.86. The summed E-state index contributed by atoms with van der Waals surface area (Å²) in [5, 5.41) is 0. The van der Waals surface area contributed by atoms with Gasteiger partial charge in [0.2, 0.25) is 8.32 Å². The van der Waals surface area contributed by atoms with Gasteiger partial charge in [0.05, 0.1) is 12.2 Å². The molecule has 2 rings (SSSR count). The second kappa shape index (κ2) is 8.76. The van der Waals surface area contributed by atoms with Crippen molar-refractivity contribution in [1.29, 1.82) is 0 Å². The Morgan fingerprint density at radius 3 is 1.75 bits per heavy atom. The molecule has 0 fully saturated rings. The molecule has 0 bridgehead atoms. The van der Waals surface area contributed by atoms with E-state index in [-0.39, 0.29) is 12.2 Å². The summed E-state index contributed by atoms with van der Waals surface area (Å²) in [7, 11) is -5.16. The Bertz CT molecular complexity index is 673. The van der Waals surface area contributed by atoms with Gasteiger partial charge in [0, 0.05) is 11.5 Å². The number of rotatable bonds is 9. The molecule has 6 heteroatoms. The molecule has 0 saturated carbocycles. The quantitative estimate of drug-likeness (QED) is 0.373. The van der Waals surface area contributed by atoms with Crippen molar-refractivity contribution >= 4 is 25.0 Å². The molecule has 0 spiro atoms. The van der Waals surface area contributed by atoms with Crippen LogP contribution < -0.4 is 4.43 Å². The first-order valence-corrected chi connectivity index (χ1v) is 20.4. The van der Waals surface area contributed by atoms with Crippen LogP contribution in [0.1, 0.15) is 51.0 Å². The largest absolute Gasteiger partial charge is 0.544 e. The lowest BCUT2D eigenvalue weighted by molar-refractivity contribution is 0.0637. The number of fused-ring (bicyclic) bond motifs is 1. The molecule has 0 heterocycles. The van der Waals surface area contributed by atoms with Crippen LogP contribution in [0.4, 0.5) is 0 Å². The lowest BCUT2D eigenvalue weighted by Crippen LogP contribution is -2.35. The van der Waals surface area contributed by atoms with E-state index in [4.69, 9.17) is 13.3 Å². The predicted molar refractivity (Wildman–Crippen MR) is 128 cm³/mol. The molecule has 1 aromatic carbocycles. The van der Waals surface area contributed by atoms with E-state index in [9.17, 15) is 0 Å². The minimum Gasteiger partial charge on any atom is -0.544 e. The summed E-state index contributed by atoms with van der Waals surface area (Å²) in [6, 6.07) is 9.87. The fourth-order valence-corrected chi connectivity index (χ4v) is 6.77. The van der Waals surface area contributed by atoms with Crippen molar-refractivity contribution in [3.63, 3.8) is 0 Å². The molecular weight excluding hydrogens is 396 g/mol. The highest BCUT2D eigenvalue weighted by Gasteiger charge is 2.45. The molecule has 0 radical (unpaired) electrons. The van der Waals surface area contributed by atoms with E-state index in [0.29, 0.717) is 5.92 Å². The zero-order valence-electron chi connectivity index (χ0n) is 19.8. The second-order valence-electron chi connectivity index (χ2n) is 10.1. The lowest BCUT2D eigenvalue weighted by atomic mass is 10.0. The minimum absolute atomic E-state index is 0.0705. The van der Waals surface area contributed by atoms with Crippen LogP contribution in [0.3, 0.4) is 0 Å². The summed E-state index contributed by atoms with van der Waals surface area (Å²) < 4.78 is 20.3. The van der Waals surface area contributed by atoms with Crippen LogP contribution in [0.25, 0.3) is 0 Å². The van der Waals surface area contributed by atoms with Gasteiger partial charge in [-0.3, -0.25) is 0 Å². The average molecular weight is 439 g/mol. The summed E-state index contributed by atoms with van der Waals surface area (Å²) in [5.74, 6) is 1.35. The van der Waals surface area contributed by atoms with Gasteiger partial charge in [0.15, 0.2) is 16.6 Å². The van der Waals surface area contributed by atoms with Gasteiger partial charge in [-0.15, -0.1) is 0 Å². The smallest absolute Gasteiger partial charge is 0.244 e. The van der Waals surface area contributed by atoms with Crippen LogP contribution in [-0.2, 0) is 8.85 Å². The molecule has 0 amide bonds. The molecule has 1 aliphatic carbocycles. The fourth-order valence-electron chi connectivity index (χ4n) is 3.47. The van der Waals surface area contributed by atoms with Gasteiger partial charge in [0.1, 0.15) is 5.75 Å². The van der Waals surface area contributed by atoms with Gasteiger partial charge in [-0.25, -0.2) is 0 Å². The molecule has 28 heavy (non-hydrogen) atoms. The maximum Gasteiger partial charge on any atom is 0.244 e. The van der Waals surface area contributed by atoms with Crippen molar-refractivity contribution in [2.75, 3.05) is 0 Å². The Labute approximate surface area is 176 Å². The van der Waals surface area contributed by atoms with Crippen LogP contribution in [0.5, 0.6) is 5.75 Å². The van der Waals surface area contributed by atoms with E-state index in [1.54, 1.807) is 0 Å². The SMILES string of the molecule is CC[Si](C)(C)Oc1cccc2c1C(O[Si](C)(C)CC)C(C)C2O[Si](C)(C)CC. The molecular formula is C22H42O3Si3. The fraction of sp³-hybridized carbons (Fsp3) is 0.727. The lowest BCUT2D eigenvalue weighted by Gasteiger charge is -2.33. The Hall–Kier alpha value is -0.409. The summed E-state index contributed by atoms with van der Waals surface area (Å²) in [5.41, 5.74) is 2.56. The monoisotopic (exact) mass is 438 g/mol. The van der Waals surface area contributed by atoms with Crippen molar-refractivity contribution in [3.8, 4) is 5.75 Å². The normalized spacial score (nSPS) is 23.0. The third kappa shape index (κ3) is 5.39. The van der Waals surface area contributed by atoms with E-state index >= 15 is 0 Å². The molecule has 3 unspecified atom stereocenters. The van der Waals surface area contributed by atoms with Gasteiger partial charge in [0.25, 0.3) is 0 Å². The molecule has 1 aliphatic rings. The van der Waals surface area contributed by atoms with E-state index in [2.05, 4.69) is 85.2 Å². The van der Waals surface area contributed by atoms with E-state index in [1.165, 1.54) is 11.1 Å². The summed E-state index contributed by atoms with van der Waals surface area (Å²) in [6.45, 7) is 22.9. The van der Waals surface area contributed by atoms with Crippen molar-refractivity contribution in [3.05, 3.63) is 29.3 Å². The van der Waals surface area contributed by atoms with Crippen LogP contribution in [0.2, 0.25) is 57.4 Å². The second-order valence-corrected chi connectivity index (χ2v) is 23.5. The van der Waals surface area contributed by atoms with Crippen molar-refractivity contribution < 1.29 is 13.3 Å². The number of hydrogen-bond donors (Lipinski definition) is 0. The summed E-state index contributed by atoms with van der Waals surface area (Å²) in [4.78, 5) is 0. The van der Waals surface area contributed by atoms with Crippen LogP contribution in [0.15, 0.2) is 18.2 Å². The zero-order valence-corrected chi connectivity index (χ0v) is 22.8. The highest BCUT2D eigenvalue weighted by molar-refractivity contribution is 6.72. The molecule has 3 atom stereocenters. The zero-order chi connectivity index (χ0) is 21.3. The molecule has 0 N–H and O–H groups in total. The summed E-state index contributed by atoms with van der Waals surface area (Å²) in [6.07, 6.45) is 0.180. The maximum atomic E-state index is 6.86. The van der Waals surface area contributed by atoms with Crippen molar-refractivity contribution in [2.45, 2.75) is 97.3 Å². The van der Waals surface area contributed by atoms with Gasteiger partial charge < -0.3 is 13.3 Å². The molecule has 1 aromatic rings. The first-order chi connectivity index (χ1) is 12.9. The molecule has 3 nitrogen and oxygen atoms in total. The third-order valence-electron chi connectivity index (χ3n) is 6.48. The summed E-state index contributed by atoms with van der Waals surface area (Å²) >= 11 is 0. The van der Waals surface area contributed by atoms with Crippen LogP contribution in [-0.4, -0.2) is 25.0 Å². The van der Waals surface area contributed by atoms with Gasteiger partial charge in [-0.05, 0) is 69.0 Å². The highest BCUT2D eigenvalue weighted by Crippen LogP contribution is 2.53.